The van der Waals surface area contributed by atoms with Gasteiger partial charge >= 0.3 is 0 Å². The molecule has 8 heteroatoms. The lowest BCUT2D eigenvalue weighted by Crippen LogP contribution is -2.49. The highest BCUT2D eigenvalue weighted by Gasteiger charge is 2.28. The van der Waals surface area contributed by atoms with Gasteiger partial charge in [0.2, 0.25) is 5.91 Å². The number of hydrogen-bond donors (Lipinski definition) is 3. The molecule has 0 aromatic carbocycles. The minimum absolute atomic E-state index is 0.0300. The molecule has 0 saturated carbocycles. The van der Waals surface area contributed by atoms with Gasteiger partial charge in [-0.05, 0) is 38.7 Å². The Labute approximate surface area is 134 Å². The van der Waals surface area contributed by atoms with Gasteiger partial charge in [0, 0.05) is 25.2 Å². The fraction of sp³-hybridized carbons (Fsp3) is 0.600. The third-order valence-corrected chi connectivity index (χ3v) is 4.22. The molecule has 2 atom stereocenters. The standard InChI is InChI=1S/C15H23N5O3/c1-9(16)15(23)20-7-5-11(6-8-20)10(2)17-14(22)12-3-4-13(21)19-18-12/h3-4,9-11H,5-8,16H2,1-2H3,(H,17,22)(H,19,21)/t9-,10?/m0/s1. The van der Waals surface area contributed by atoms with Gasteiger partial charge in [-0.15, -0.1) is 0 Å². The molecule has 23 heavy (non-hydrogen) atoms. The van der Waals surface area contributed by atoms with Crippen LogP contribution in [-0.2, 0) is 4.79 Å². The lowest BCUT2D eigenvalue weighted by Gasteiger charge is -2.35. The maximum absolute atomic E-state index is 12.1. The predicted molar refractivity (Wildman–Crippen MR) is 84.7 cm³/mol. The number of likely N-dealkylation sites (tertiary alicyclic amines) is 1. The number of H-pyrrole nitrogens is 1. The fourth-order valence-electron chi connectivity index (χ4n) is 2.78. The van der Waals surface area contributed by atoms with Crippen LogP contribution in [0.15, 0.2) is 16.9 Å². The minimum atomic E-state index is -0.477. The van der Waals surface area contributed by atoms with E-state index in [1.807, 2.05) is 6.92 Å². The topological polar surface area (TPSA) is 121 Å². The summed E-state index contributed by atoms with van der Waals surface area (Å²) in [6, 6.07) is 2.15. The van der Waals surface area contributed by atoms with E-state index in [-0.39, 0.29) is 29.1 Å². The van der Waals surface area contributed by atoms with E-state index < -0.39 is 6.04 Å². The van der Waals surface area contributed by atoms with Crippen LogP contribution in [0, 0.1) is 5.92 Å². The van der Waals surface area contributed by atoms with Gasteiger partial charge in [0.15, 0.2) is 0 Å². The number of carbonyl (C=O) groups is 2. The number of amides is 2. The van der Waals surface area contributed by atoms with Crippen molar-refractivity contribution in [2.75, 3.05) is 13.1 Å². The molecule has 8 nitrogen and oxygen atoms in total. The molecule has 1 aliphatic heterocycles. The van der Waals surface area contributed by atoms with E-state index in [9.17, 15) is 14.4 Å². The second-order valence-corrected chi connectivity index (χ2v) is 6.02. The van der Waals surface area contributed by atoms with Gasteiger partial charge in [0.25, 0.3) is 11.5 Å². The second kappa shape index (κ2) is 7.36. The highest BCUT2D eigenvalue weighted by Crippen LogP contribution is 2.21. The Hall–Kier alpha value is -2.22. The molecule has 4 N–H and O–H groups in total. The van der Waals surface area contributed by atoms with Crippen molar-refractivity contribution in [2.45, 2.75) is 38.8 Å². The third-order valence-electron chi connectivity index (χ3n) is 4.22. The quantitative estimate of drug-likeness (QED) is 0.688. The summed E-state index contributed by atoms with van der Waals surface area (Å²) in [5.41, 5.74) is 5.46. The zero-order chi connectivity index (χ0) is 17.0. The fourth-order valence-corrected chi connectivity index (χ4v) is 2.78. The number of piperidine rings is 1. The van der Waals surface area contributed by atoms with E-state index in [2.05, 4.69) is 15.5 Å². The van der Waals surface area contributed by atoms with Gasteiger partial charge in [-0.3, -0.25) is 14.4 Å². The number of rotatable bonds is 4. The van der Waals surface area contributed by atoms with E-state index in [4.69, 9.17) is 5.73 Å². The molecule has 1 unspecified atom stereocenters. The van der Waals surface area contributed by atoms with Crippen LogP contribution < -0.4 is 16.6 Å². The molecule has 0 radical (unpaired) electrons. The Morgan fingerprint density at radius 1 is 1.35 bits per heavy atom. The summed E-state index contributed by atoms with van der Waals surface area (Å²) >= 11 is 0. The molecule has 1 aromatic rings. The molecule has 1 saturated heterocycles. The number of aromatic nitrogens is 2. The smallest absolute Gasteiger partial charge is 0.271 e. The normalized spacial score (nSPS) is 18.3. The molecule has 1 fully saturated rings. The number of aromatic amines is 1. The molecule has 2 amide bonds. The summed E-state index contributed by atoms with van der Waals surface area (Å²) in [6.45, 7) is 4.94. The molecule has 0 aliphatic carbocycles. The van der Waals surface area contributed by atoms with E-state index in [0.29, 0.717) is 19.0 Å². The molecule has 2 rings (SSSR count). The summed E-state index contributed by atoms with van der Waals surface area (Å²) in [5.74, 6) is -0.0562. The number of nitrogens with two attached hydrogens (primary N) is 1. The van der Waals surface area contributed by atoms with Gasteiger partial charge < -0.3 is 16.0 Å². The average Bonchev–Trinajstić information content (AvgIpc) is 2.54. The predicted octanol–water partition coefficient (Wildman–Crippen LogP) is -0.526. The number of nitrogens with zero attached hydrogens (tertiary/aromatic N) is 2. The van der Waals surface area contributed by atoms with Crippen LogP contribution in [0.4, 0.5) is 0 Å². The van der Waals surface area contributed by atoms with Crippen LogP contribution in [0.5, 0.6) is 0 Å². The van der Waals surface area contributed by atoms with E-state index in [1.165, 1.54) is 12.1 Å². The summed E-state index contributed by atoms with van der Waals surface area (Å²) in [4.78, 5) is 36.7. The Morgan fingerprint density at radius 2 is 2.00 bits per heavy atom. The molecule has 0 spiro atoms. The highest BCUT2D eigenvalue weighted by molar-refractivity contribution is 5.92. The van der Waals surface area contributed by atoms with Crippen LogP contribution in [-0.4, -0.2) is 52.1 Å². The largest absolute Gasteiger partial charge is 0.348 e. The first-order valence-corrected chi connectivity index (χ1v) is 7.79. The zero-order valence-corrected chi connectivity index (χ0v) is 13.4. The summed E-state index contributed by atoms with van der Waals surface area (Å²) < 4.78 is 0. The van der Waals surface area contributed by atoms with Gasteiger partial charge in [-0.25, -0.2) is 5.10 Å². The minimum Gasteiger partial charge on any atom is -0.348 e. The summed E-state index contributed by atoms with van der Waals surface area (Å²) in [6.07, 6.45) is 1.64. The monoisotopic (exact) mass is 321 g/mol. The number of carbonyl (C=O) groups excluding carboxylic acids is 2. The Kier molecular flexibility index (Phi) is 5.49. The van der Waals surface area contributed by atoms with Crippen molar-refractivity contribution in [1.29, 1.82) is 0 Å². The van der Waals surface area contributed by atoms with Crippen molar-refractivity contribution < 1.29 is 9.59 Å². The number of nitrogens with one attached hydrogen (secondary N) is 2. The van der Waals surface area contributed by atoms with Crippen LogP contribution >= 0.6 is 0 Å². The maximum Gasteiger partial charge on any atom is 0.271 e. The first kappa shape index (κ1) is 17.1. The second-order valence-electron chi connectivity index (χ2n) is 6.02. The van der Waals surface area contributed by atoms with Crippen LogP contribution in [0.3, 0.4) is 0 Å². The molecule has 1 aromatic heterocycles. The molecule has 1 aliphatic rings. The van der Waals surface area contributed by atoms with Crippen molar-refractivity contribution >= 4 is 11.8 Å². The van der Waals surface area contributed by atoms with Gasteiger partial charge in [0.05, 0.1) is 6.04 Å². The summed E-state index contributed by atoms with van der Waals surface area (Å²) in [5, 5.41) is 8.86. The van der Waals surface area contributed by atoms with E-state index in [0.717, 1.165) is 12.8 Å². The lowest BCUT2D eigenvalue weighted by atomic mass is 9.90. The van der Waals surface area contributed by atoms with Crippen LogP contribution in [0.1, 0.15) is 37.2 Å². The lowest BCUT2D eigenvalue weighted by molar-refractivity contribution is -0.133. The van der Waals surface area contributed by atoms with Gasteiger partial charge in [0.1, 0.15) is 5.69 Å². The highest BCUT2D eigenvalue weighted by atomic mass is 16.2. The zero-order valence-electron chi connectivity index (χ0n) is 13.4. The van der Waals surface area contributed by atoms with E-state index in [1.54, 1.807) is 11.8 Å². The SMILES string of the molecule is CC(NC(=O)c1ccc(=O)[nH]n1)C1CCN(C(=O)[C@H](C)N)CC1. The van der Waals surface area contributed by atoms with Crippen molar-refractivity contribution in [3.63, 3.8) is 0 Å². The Bertz CT molecular complexity index is 599. The average molecular weight is 321 g/mol. The first-order valence-electron chi connectivity index (χ1n) is 7.79. The first-order chi connectivity index (χ1) is 10.9. The van der Waals surface area contributed by atoms with Crippen LogP contribution in [0.25, 0.3) is 0 Å². The molecule has 126 valence electrons. The van der Waals surface area contributed by atoms with Gasteiger partial charge in [-0.2, -0.15) is 5.10 Å². The molecule has 2 heterocycles. The Balaban J connectivity index is 1.86. The van der Waals surface area contributed by atoms with Crippen molar-refractivity contribution in [2.24, 2.45) is 11.7 Å². The summed E-state index contributed by atoms with van der Waals surface area (Å²) in [7, 11) is 0. The molecular formula is C15H23N5O3. The van der Waals surface area contributed by atoms with Crippen molar-refractivity contribution in [3.8, 4) is 0 Å². The van der Waals surface area contributed by atoms with Gasteiger partial charge in [-0.1, -0.05) is 0 Å². The van der Waals surface area contributed by atoms with Crippen molar-refractivity contribution in [3.05, 3.63) is 28.2 Å². The molecular weight excluding hydrogens is 298 g/mol. The van der Waals surface area contributed by atoms with Crippen LogP contribution in [0.2, 0.25) is 0 Å². The third kappa shape index (κ3) is 4.38. The number of hydrogen-bond acceptors (Lipinski definition) is 5. The Morgan fingerprint density at radius 3 is 2.52 bits per heavy atom. The maximum atomic E-state index is 12.1. The van der Waals surface area contributed by atoms with E-state index >= 15 is 0 Å². The van der Waals surface area contributed by atoms with Crippen molar-refractivity contribution in [1.82, 2.24) is 20.4 Å². The molecule has 0 bridgehead atoms.